The molecule has 6 nitrogen and oxygen atoms in total. The van der Waals surface area contributed by atoms with Crippen molar-refractivity contribution in [3.63, 3.8) is 0 Å². The van der Waals surface area contributed by atoms with E-state index < -0.39 is 17.1 Å². The fourth-order valence-corrected chi connectivity index (χ4v) is 4.45. The van der Waals surface area contributed by atoms with E-state index in [2.05, 4.69) is 5.32 Å². The molecule has 9 heteroatoms. The summed E-state index contributed by atoms with van der Waals surface area (Å²) in [6, 6.07) is 21.1. The molecule has 0 unspecified atom stereocenters. The molecule has 1 saturated heterocycles. The average Bonchev–Trinajstić information content (AvgIpc) is 3.06. The summed E-state index contributed by atoms with van der Waals surface area (Å²) >= 11 is 12.9. The van der Waals surface area contributed by atoms with E-state index in [1.54, 1.807) is 72.8 Å². The molecule has 1 fully saturated rings. The maximum Gasteiger partial charge on any atom is 0.294 e. The van der Waals surface area contributed by atoms with E-state index >= 15 is 0 Å². The molecule has 3 aromatic carbocycles. The highest BCUT2D eigenvalue weighted by atomic mass is 35.5. The maximum absolute atomic E-state index is 12.7. The fourth-order valence-electron chi connectivity index (χ4n) is 3.15. The van der Waals surface area contributed by atoms with Crippen molar-refractivity contribution in [1.82, 2.24) is 4.90 Å². The standard InChI is InChI=1S/C25H18Cl2N2O4S/c26-18-10-9-17(21(27)13-18)15-33-20-8-4-5-16(11-20)12-22-24(31)29(25(32)34-22)14-23(30)28-19-6-2-1-3-7-19/h1-13H,14-15H2,(H,28,30)/b22-12+. The molecule has 34 heavy (non-hydrogen) atoms. The number of amides is 3. The van der Waals surface area contributed by atoms with Crippen LogP contribution in [0.4, 0.5) is 10.5 Å². The van der Waals surface area contributed by atoms with Gasteiger partial charge in [0.25, 0.3) is 11.1 Å². The van der Waals surface area contributed by atoms with Crippen LogP contribution in [0.2, 0.25) is 10.0 Å². The average molecular weight is 513 g/mol. The van der Waals surface area contributed by atoms with Crippen LogP contribution in [-0.4, -0.2) is 28.5 Å². The molecule has 0 aromatic heterocycles. The summed E-state index contributed by atoms with van der Waals surface area (Å²) in [5.41, 5.74) is 2.05. The van der Waals surface area contributed by atoms with Crippen molar-refractivity contribution in [3.05, 3.63) is 98.9 Å². The Morgan fingerprint density at radius 2 is 1.79 bits per heavy atom. The maximum atomic E-state index is 12.7. The summed E-state index contributed by atoms with van der Waals surface area (Å²) in [6.07, 6.45) is 1.60. The number of hydrogen-bond acceptors (Lipinski definition) is 5. The van der Waals surface area contributed by atoms with Crippen molar-refractivity contribution in [1.29, 1.82) is 0 Å². The highest BCUT2D eigenvalue weighted by Crippen LogP contribution is 2.32. The Bertz CT molecular complexity index is 1280. The second kappa shape index (κ2) is 10.8. The number of imide groups is 1. The molecule has 0 atom stereocenters. The normalized spacial score (nSPS) is 14.5. The minimum absolute atomic E-state index is 0.232. The van der Waals surface area contributed by atoms with Crippen molar-refractivity contribution in [2.75, 3.05) is 11.9 Å². The van der Waals surface area contributed by atoms with Crippen LogP contribution in [-0.2, 0) is 16.2 Å². The molecule has 0 bridgehead atoms. The van der Waals surface area contributed by atoms with Gasteiger partial charge < -0.3 is 10.1 Å². The lowest BCUT2D eigenvalue weighted by molar-refractivity contribution is -0.127. The van der Waals surface area contributed by atoms with Gasteiger partial charge in [-0.25, -0.2) is 0 Å². The van der Waals surface area contributed by atoms with Crippen LogP contribution in [0.25, 0.3) is 6.08 Å². The molecule has 0 saturated carbocycles. The van der Waals surface area contributed by atoms with Crippen LogP contribution in [0.5, 0.6) is 5.75 Å². The first-order valence-electron chi connectivity index (χ1n) is 10.2. The first-order valence-corrected chi connectivity index (χ1v) is 11.7. The third kappa shape index (κ3) is 5.99. The van der Waals surface area contributed by atoms with Gasteiger partial charge in [-0.2, -0.15) is 0 Å². The molecular weight excluding hydrogens is 495 g/mol. The molecule has 1 N–H and O–H groups in total. The number of carbonyl (C=O) groups excluding carboxylic acids is 3. The number of ether oxygens (including phenoxy) is 1. The smallest absolute Gasteiger partial charge is 0.294 e. The summed E-state index contributed by atoms with van der Waals surface area (Å²) in [7, 11) is 0. The van der Waals surface area contributed by atoms with Crippen molar-refractivity contribution < 1.29 is 19.1 Å². The lowest BCUT2D eigenvalue weighted by Gasteiger charge is -2.12. The van der Waals surface area contributed by atoms with Crippen molar-refractivity contribution in [3.8, 4) is 5.75 Å². The van der Waals surface area contributed by atoms with Crippen LogP contribution in [0.1, 0.15) is 11.1 Å². The number of benzene rings is 3. The quantitative estimate of drug-likeness (QED) is 0.378. The van der Waals surface area contributed by atoms with E-state index in [-0.39, 0.29) is 18.1 Å². The minimum Gasteiger partial charge on any atom is -0.489 e. The Kier molecular flexibility index (Phi) is 7.57. The molecular formula is C25H18Cl2N2O4S. The van der Waals surface area contributed by atoms with Gasteiger partial charge >= 0.3 is 0 Å². The molecule has 3 amide bonds. The number of hydrogen-bond donors (Lipinski definition) is 1. The van der Waals surface area contributed by atoms with Crippen molar-refractivity contribution in [2.45, 2.75) is 6.61 Å². The number of halogens is 2. The Morgan fingerprint density at radius 1 is 1.00 bits per heavy atom. The second-order valence-corrected chi connectivity index (χ2v) is 9.12. The van der Waals surface area contributed by atoms with Crippen molar-refractivity contribution in [2.24, 2.45) is 0 Å². The topological polar surface area (TPSA) is 75.7 Å². The molecule has 3 aromatic rings. The van der Waals surface area contributed by atoms with Crippen LogP contribution >= 0.6 is 35.0 Å². The minimum atomic E-state index is -0.516. The number of nitrogens with zero attached hydrogens (tertiary/aromatic N) is 1. The molecule has 1 aliphatic rings. The van der Waals surface area contributed by atoms with Gasteiger partial charge in [0.1, 0.15) is 18.9 Å². The predicted octanol–water partition coefficient (Wildman–Crippen LogP) is 6.25. The fraction of sp³-hybridized carbons (Fsp3) is 0.0800. The number of para-hydroxylation sites is 1. The summed E-state index contributed by atoms with van der Waals surface area (Å²) < 4.78 is 5.82. The van der Waals surface area contributed by atoms with Gasteiger partial charge in [0.15, 0.2) is 0 Å². The van der Waals surface area contributed by atoms with E-state index in [1.165, 1.54) is 0 Å². The highest BCUT2D eigenvalue weighted by molar-refractivity contribution is 8.18. The van der Waals surface area contributed by atoms with Gasteiger partial charge in [0, 0.05) is 21.3 Å². The van der Waals surface area contributed by atoms with Gasteiger partial charge in [0.2, 0.25) is 5.91 Å². The Labute approximate surface area is 210 Å². The zero-order chi connectivity index (χ0) is 24.1. The summed E-state index contributed by atoms with van der Waals surface area (Å²) in [5, 5.41) is 3.23. The Morgan fingerprint density at radius 3 is 2.56 bits per heavy atom. The van der Waals surface area contributed by atoms with Crippen LogP contribution in [0, 0.1) is 0 Å². The Hall–Kier alpha value is -3.26. The van der Waals surface area contributed by atoms with Crippen LogP contribution in [0.15, 0.2) is 77.7 Å². The van der Waals surface area contributed by atoms with Gasteiger partial charge in [-0.3, -0.25) is 19.3 Å². The van der Waals surface area contributed by atoms with Gasteiger partial charge in [0.05, 0.1) is 4.91 Å². The third-order valence-electron chi connectivity index (χ3n) is 4.80. The summed E-state index contributed by atoms with van der Waals surface area (Å²) in [4.78, 5) is 38.5. The van der Waals surface area contributed by atoms with Crippen molar-refractivity contribution >= 4 is 63.8 Å². The Balaban J connectivity index is 1.41. The molecule has 1 heterocycles. The van der Waals surface area contributed by atoms with E-state index in [0.29, 0.717) is 27.0 Å². The SMILES string of the molecule is O=C(CN1C(=O)S/C(=C/c2cccc(OCc3ccc(Cl)cc3Cl)c2)C1=O)Nc1ccccc1. The largest absolute Gasteiger partial charge is 0.489 e. The number of nitrogens with one attached hydrogen (secondary N) is 1. The lowest BCUT2D eigenvalue weighted by atomic mass is 10.2. The molecule has 1 aliphatic heterocycles. The van der Waals surface area contributed by atoms with Crippen LogP contribution in [0.3, 0.4) is 0 Å². The predicted molar refractivity (Wildman–Crippen MR) is 135 cm³/mol. The molecule has 0 spiro atoms. The number of anilines is 1. The number of thioether (sulfide) groups is 1. The van der Waals surface area contributed by atoms with Gasteiger partial charge in [-0.1, -0.05) is 59.6 Å². The number of carbonyl (C=O) groups is 3. The first-order chi connectivity index (χ1) is 16.4. The molecule has 0 radical (unpaired) electrons. The zero-order valence-electron chi connectivity index (χ0n) is 17.7. The molecule has 0 aliphatic carbocycles. The monoisotopic (exact) mass is 512 g/mol. The van der Waals surface area contributed by atoms with E-state index in [9.17, 15) is 14.4 Å². The zero-order valence-corrected chi connectivity index (χ0v) is 20.0. The van der Waals surface area contributed by atoms with Gasteiger partial charge in [-0.05, 0) is 59.8 Å². The summed E-state index contributed by atoms with van der Waals surface area (Å²) in [6.45, 7) is -0.117. The second-order valence-electron chi connectivity index (χ2n) is 7.28. The first kappa shape index (κ1) is 23.9. The molecule has 4 rings (SSSR count). The van der Waals surface area contributed by atoms with E-state index in [1.807, 2.05) is 6.07 Å². The summed E-state index contributed by atoms with van der Waals surface area (Å²) in [5.74, 6) is -0.398. The lowest BCUT2D eigenvalue weighted by Crippen LogP contribution is -2.36. The molecule has 172 valence electrons. The van der Waals surface area contributed by atoms with Gasteiger partial charge in [-0.15, -0.1) is 0 Å². The van der Waals surface area contributed by atoms with E-state index in [0.717, 1.165) is 22.2 Å². The van der Waals surface area contributed by atoms with Crippen LogP contribution < -0.4 is 10.1 Å². The third-order valence-corrected chi connectivity index (χ3v) is 6.29. The number of rotatable bonds is 7. The van der Waals surface area contributed by atoms with E-state index in [4.69, 9.17) is 27.9 Å². The highest BCUT2D eigenvalue weighted by Gasteiger charge is 2.36.